The summed E-state index contributed by atoms with van der Waals surface area (Å²) in [5.41, 5.74) is 1.78. The summed E-state index contributed by atoms with van der Waals surface area (Å²) in [6, 6.07) is 10.9. The molecule has 9 heteroatoms. The summed E-state index contributed by atoms with van der Waals surface area (Å²) in [6.45, 7) is 3.33. The Morgan fingerprint density at radius 2 is 2.10 bits per heavy atom. The second-order valence-electron chi connectivity index (χ2n) is 6.78. The molecule has 9 nitrogen and oxygen atoms in total. The average Bonchev–Trinajstić information content (AvgIpc) is 3.18. The Kier molecular flexibility index (Phi) is 5.87. The van der Waals surface area contributed by atoms with E-state index < -0.39 is 0 Å². The van der Waals surface area contributed by atoms with Crippen molar-refractivity contribution < 1.29 is 14.3 Å². The highest BCUT2D eigenvalue weighted by molar-refractivity contribution is 5.94. The standard InChI is InChI=1S/C20H24N6O3/c1-28-13-17(14-5-3-2-4-6-14)22-20(27)23-18-11-16-15(12-21-18)19(25-24-16)26-7-9-29-10-8-26/h2-6,11-12,17H,7-10,13H2,1H3,(H,24,25)(H2,21,22,23,27)/t17-/m1/s1. The maximum atomic E-state index is 12.5. The van der Waals surface area contributed by atoms with Gasteiger partial charge in [0.25, 0.3) is 0 Å². The topological polar surface area (TPSA) is 104 Å². The van der Waals surface area contributed by atoms with Crippen molar-refractivity contribution in [1.82, 2.24) is 20.5 Å². The smallest absolute Gasteiger partial charge is 0.320 e. The van der Waals surface area contributed by atoms with E-state index in [1.54, 1.807) is 19.4 Å². The summed E-state index contributed by atoms with van der Waals surface area (Å²) in [4.78, 5) is 19.0. The lowest BCUT2D eigenvalue weighted by Gasteiger charge is -2.26. The highest BCUT2D eigenvalue weighted by atomic mass is 16.5. The SMILES string of the molecule is COC[C@@H](NC(=O)Nc1cc2[nH]nc(N3CCOCC3)c2cn1)c1ccccc1. The normalized spacial score (nSPS) is 15.3. The molecule has 1 aliphatic rings. The number of aromatic nitrogens is 3. The first-order valence-corrected chi connectivity index (χ1v) is 9.53. The molecule has 0 unspecified atom stereocenters. The minimum Gasteiger partial charge on any atom is -0.382 e. The molecule has 4 rings (SSSR count). The number of H-pyrrole nitrogens is 1. The summed E-state index contributed by atoms with van der Waals surface area (Å²) in [7, 11) is 1.61. The first-order chi connectivity index (χ1) is 14.2. The van der Waals surface area contributed by atoms with Crippen LogP contribution in [0.25, 0.3) is 10.9 Å². The number of rotatable bonds is 6. The van der Waals surface area contributed by atoms with Crippen LogP contribution < -0.4 is 15.5 Å². The Labute approximate surface area is 168 Å². The third-order valence-electron chi connectivity index (χ3n) is 4.82. The van der Waals surface area contributed by atoms with Crippen LogP contribution in [0.15, 0.2) is 42.6 Å². The number of urea groups is 1. The third-order valence-corrected chi connectivity index (χ3v) is 4.82. The van der Waals surface area contributed by atoms with Gasteiger partial charge in [-0.1, -0.05) is 30.3 Å². The number of hydrogen-bond donors (Lipinski definition) is 3. The number of carbonyl (C=O) groups excluding carboxylic acids is 1. The first kappa shape index (κ1) is 19.2. The van der Waals surface area contributed by atoms with Gasteiger partial charge in [0.2, 0.25) is 0 Å². The van der Waals surface area contributed by atoms with Gasteiger partial charge in [-0.3, -0.25) is 10.4 Å². The van der Waals surface area contributed by atoms with E-state index in [2.05, 4.69) is 30.7 Å². The summed E-state index contributed by atoms with van der Waals surface area (Å²) in [5.74, 6) is 1.30. The summed E-state index contributed by atoms with van der Waals surface area (Å²) in [5, 5.41) is 14.1. The molecule has 1 aromatic carbocycles. The molecule has 29 heavy (non-hydrogen) atoms. The number of morpholine rings is 1. The Morgan fingerprint density at radius 1 is 1.31 bits per heavy atom. The number of amides is 2. The van der Waals surface area contributed by atoms with E-state index in [0.717, 1.165) is 35.4 Å². The van der Waals surface area contributed by atoms with Gasteiger partial charge in [0.05, 0.1) is 36.8 Å². The lowest BCUT2D eigenvalue weighted by atomic mass is 10.1. The maximum Gasteiger partial charge on any atom is 0.320 e. The minimum atomic E-state index is -0.351. The summed E-state index contributed by atoms with van der Waals surface area (Å²) < 4.78 is 10.6. The molecule has 3 aromatic rings. The highest BCUT2D eigenvalue weighted by Gasteiger charge is 2.18. The summed E-state index contributed by atoms with van der Waals surface area (Å²) >= 11 is 0. The Bertz CT molecular complexity index is 955. The number of anilines is 2. The van der Waals surface area contributed by atoms with Crippen LogP contribution in [0.4, 0.5) is 16.4 Å². The molecule has 2 aromatic heterocycles. The van der Waals surface area contributed by atoms with Crippen LogP contribution in [0.2, 0.25) is 0 Å². The fraction of sp³-hybridized carbons (Fsp3) is 0.350. The van der Waals surface area contributed by atoms with Crippen LogP contribution in [0.5, 0.6) is 0 Å². The van der Waals surface area contributed by atoms with Crippen LogP contribution >= 0.6 is 0 Å². The van der Waals surface area contributed by atoms with E-state index in [9.17, 15) is 4.79 Å². The van der Waals surface area contributed by atoms with E-state index in [-0.39, 0.29) is 12.1 Å². The number of benzene rings is 1. The number of ether oxygens (including phenoxy) is 2. The molecule has 0 bridgehead atoms. The molecule has 2 amide bonds. The molecule has 0 aliphatic carbocycles. The molecular formula is C20H24N6O3. The van der Waals surface area contributed by atoms with Gasteiger partial charge in [0.1, 0.15) is 5.82 Å². The molecule has 0 saturated carbocycles. The first-order valence-electron chi connectivity index (χ1n) is 9.53. The predicted octanol–water partition coefficient (Wildman–Crippen LogP) is 2.30. The fourth-order valence-electron chi connectivity index (χ4n) is 3.37. The molecule has 1 fully saturated rings. The predicted molar refractivity (Wildman–Crippen MR) is 110 cm³/mol. The molecule has 3 N–H and O–H groups in total. The zero-order valence-corrected chi connectivity index (χ0v) is 16.2. The second-order valence-corrected chi connectivity index (χ2v) is 6.78. The number of hydrogen-bond acceptors (Lipinski definition) is 6. The Morgan fingerprint density at radius 3 is 2.86 bits per heavy atom. The molecule has 0 spiro atoms. The van der Waals surface area contributed by atoms with Crippen molar-refractivity contribution in [2.75, 3.05) is 50.2 Å². The van der Waals surface area contributed by atoms with Crippen LogP contribution in [0.3, 0.4) is 0 Å². The van der Waals surface area contributed by atoms with Gasteiger partial charge < -0.3 is 19.7 Å². The van der Waals surface area contributed by atoms with Crippen LogP contribution in [-0.2, 0) is 9.47 Å². The van der Waals surface area contributed by atoms with E-state index in [1.165, 1.54) is 0 Å². The number of aromatic amines is 1. The number of pyridine rings is 1. The molecule has 1 atom stereocenters. The van der Waals surface area contributed by atoms with Gasteiger partial charge in [-0.05, 0) is 5.56 Å². The van der Waals surface area contributed by atoms with Gasteiger partial charge >= 0.3 is 6.03 Å². The Hall–Kier alpha value is -3.17. The van der Waals surface area contributed by atoms with Crippen molar-refractivity contribution in [2.24, 2.45) is 0 Å². The van der Waals surface area contributed by atoms with Gasteiger partial charge in [-0.15, -0.1) is 0 Å². The number of nitrogens with zero attached hydrogens (tertiary/aromatic N) is 3. The van der Waals surface area contributed by atoms with Crippen molar-refractivity contribution in [1.29, 1.82) is 0 Å². The van der Waals surface area contributed by atoms with Crippen molar-refractivity contribution in [3.05, 3.63) is 48.2 Å². The van der Waals surface area contributed by atoms with E-state index in [0.29, 0.717) is 25.6 Å². The minimum absolute atomic E-state index is 0.259. The van der Waals surface area contributed by atoms with Crippen LogP contribution in [0, 0.1) is 0 Å². The monoisotopic (exact) mass is 396 g/mol. The third kappa shape index (κ3) is 4.47. The molecule has 1 aliphatic heterocycles. The number of nitrogens with one attached hydrogen (secondary N) is 3. The van der Waals surface area contributed by atoms with Crippen molar-refractivity contribution in [3.63, 3.8) is 0 Å². The van der Waals surface area contributed by atoms with Gasteiger partial charge in [-0.25, -0.2) is 9.78 Å². The number of fused-ring (bicyclic) bond motifs is 1. The largest absolute Gasteiger partial charge is 0.382 e. The van der Waals surface area contributed by atoms with Crippen LogP contribution in [0.1, 0.15) is 11.6 Å². The van der Waals surface area contributed by atoms with E-state index >= 15 is 0 Å². The average molecular weight is 396 g/mol. The quantitative estimate of drug-likeness (QED) is 0.591. The lowest BCUT2D eigenvalue weighted by molar-refractivity contribution is 0.122. The summed E-state index contributed by atoms with van der Waals surface area (Å²) in [6.07, 6.45) is 1.73. The van der Waals surface area contributed by atoms with Gasteiger partial charge in [0, 0.05) is 32.5 Å². The lowest BCUT2D eigenvalue weighted by Crippen LogP contribution is -2.36. The maximum absolute atomic E-state index is 12.5. The van der Waals surface area contributed by atoms with Crippen molar-refractivity contribution >= 4 is 28.6 Å². The molecular weight excluding hydrogens is 372 g/mol. The number of carbonyl (C=O) groups is 1. The molecule has 152 valence electrons. The highest BCUT2D eigenvalue weighted by Crippen LogP contribution is 2.25. The fourth-order valence-corrected chi connectivity index (χ4v) is 3.37. The molecule has 0 radical (unpaired) electrons. The zero-order chi connectivity index (χ0) is 20.1. The molecule has 3 heterocycles. The Balaban J connectivity index is 1.45. The molecule has 1 saturated heterocycles. The second kappa shape index (κ2) is 8.89. The van der Waals surface area contributed by atoms with Crippen molar-refractivity contribution in [2.45, 2.75) is 6.04 Å². The van der Waals surface area contributed by atoms with E-state index in [1.807, 2.05) is 30.3 Å². The zero-order valence-electron chi connectivity index (χ0n) is 16.2. The number of methoxy groups -OCH3 is 1. The van der Waals surface area contributed by atoms with Gasteiger partial charge in [0.15, 0.2) is 5.82 Å². The van der Waals surface area contributed by atoms with Gasteiger partial charge in [-0.2, -0.15) is 5.10 Å². The van der Waals surface area contributed by atoms with E-state index in [4.69, 9.17) is 9.47 Å². The van der Waals surface area contributed by atoms with Crippen LogP contribution in [-0.4, -0.2) is 61.2 Å². The van der Waals surface area contributed by atoms with Crippen molar-refractivity contribution in [3.8, 4) is 0 Å².